The number of methoxy groups -OCH3 is 1. The van der Waals surface area contributed by atoms with Crippen LogP contribution in [0, 0.1) is 0 Å². The molecule has 2 aromatic heterocycles. The van der Waals surface area contributed by atoms with E-state index in [1.54, 1.807) is 18.7 Å². The van der Waals surface area contributed by atoms with E-state index in [9.17, 15) is 4.79 Å². The number of aromatic nitrogens is 4. The van der Waals surface area contributed by atoms with Crippen molar-refractivity contribution < 1.29 is 9.53 Å². The van der Waals surface area contributed by atoms with Crippen LogP contribution in [0.1, 0.15) is 6.92 Å². The zero-order valence-electron chi connectivity index (χ0n) is 14.1. The van der Waals surface area contributed by atoms with Gasteiger partial charge in [-0.3, -0.25) is 4.79 Å². The Hall–Kier alpha value is -3.22. The highest BCUT2D eigenvalue weighted by molar-refractivity contribution is 5.78. The van der Waals surface area contributed by atoms with Crippen molar-refractivity contribution in [3.8, 4) is 28.5 Å². The number of nitrogens with one attached hydrogen (secondary N) is 1. The number of imidazole rings is 1. The molecule has 0 aliphatic heterocycles. The Balaban J connectivity index is 2.01. The number of hydrogen-bond donors (Lipinski definition) is 1. The molecule has 0 aliphatic rings. The molecule has 1 amide bonds. The van der Waals surface area contributed by atoms with Crippen LogP contribution in [0.4, 0.5) is 0 Å². The number of nitrogens with zero attached hydrogens (tertiary/aromatic N) is 4. The molecule has 0 spiro atoms. The maximum atomic E-state index is 11.1. The third-order valence-corrected chi connectivity index (χ3v) is 3.70. The van der Waals surface area contributed by atoms with Crippen molar-refractivity contribution in [3.05, 3.63) is 49.1 Å². The van der Waals surface area contributed by atoms with E-state index >= 15 is 0 Å². The van der Waals surface area contributed by atoms with Gasteiger partial charge in [-0.15, -0.1) is 0 Å². The van der Waals surface area contributed by atoms with Gasteiger partial charge in [-0.05, 0) is 0 Å². The van der Waals surface area contributed by atoms with E-state index in [0.29, 0.717) is 19.1 Å². The van der Waals surface area contributed by atoms with Gasteiger partial charge in [0.1, 0.15) is 0 Å². The van der Waals surface area contributed by atoms with Crippen LogP contribution >= 0.6 is 0 Å². The third-order valence-electron chi connectivity index (χ3n) is 3.70. The van der Waals surface area contributed by atoms with Crippen LogP contribution in [0.3, 0.4) is 0 Å². The second-order valence-corrected chi connectivity index (χ2v) is 5.44. The highest BCUT2D eigenvalue weighted by Crippen LogP contribution is 2.30. The lowest BCUT2D eigenvalue weighted by atomic mass is 10.1. The lowest BCUT2D eigenvalue weighted by Gasteiger charge is -2.11. The van der Waals surface area contributed by atoms with E-state index in [0.717, 1.165) is 22.5 Å². The maximum absolute atomic E-state index is 11.1. The summed E-state index contributed by atoms with van der Waals surface area (Å²) < 4.78 is 7.02. The number of benzene rings is 1. The van der Waals surface area contributed by atoms with Gasteiger partial charge in [0.2, 0.25) is 5.91 Å². The van der Waals surface area contributed by atoms with E-state index in [1.807, 2.05) is 34.9 Å². The molecule has 128 valence electrons. The molecule has 0 aliphatic carbocycles. The van der Waals surface area contributed by atoms with Crippen LogP contribution in [0.25, 0.3) is 22.5 Å². The van der Waals surface area contributed by atoms with Crippen molar-refractivity contribution >= 4 is 5.91 Å². The molecular formula is C18H19N5O2. The summed E-state index contributed by atoms with van der Waals surface area (Å²) in [6.07, 6.45) is 5.19. The molecule has 0 radical (unpaired) electrons. The fourth-order valence-electron chi connectivity index (χ4n) is 2.56. The zero-order chi connectivity index (χ0) is 17.6. The van der Waals surface area contributed by atoms with Gasteiger partial charge in [-0.1, -0.05) is 30.3 Å². The number of carbonyl (C=O) groups excluding carboxylic acids is 1. The molecule has 0 unspecified atom stereocenters. The summed E-state index contributed by atoms with van der Waals surface area (Å²) in [7, 11) is 1.53. The van der Waals surface area contributed by atoms with E-state index in [-0.39, 0.29) is 5.91 Å². The first kappa shape index (κ1) is 16.6. The highest BCUT2D eigenvalue weighted by Gasteiger charge is 2.16. The number of ether oxygens (including phenoxy) is 1. The van der Waals surface area contributed by atoms with Gasteiger partial charge in [-0.2, -0.15) is 0 Å². The largest absolute Gasteiger partial charge is 0.467 e. The predicted octanol–water partition coefficient (Wildman–Crippen LogP) is 2.15. The van der Waals surface area contributed by atoms with E-state index < -0.39 is 0 Å². The molecule has 1 N–H and O–H groups in total. The van der Waals surface area contributed by atoms with Crippen molar-refractivity contribution in [3.63, 3.8) is 0 Å². The minimum absolute atomic E-state index is 0.0577. The number of carbonyl (C=O) groups is 1. The van der Waals surface area contributed by atoms with Crippen molar-refractivity contribution in [1.82, 2.24) is 24.8 Å². The van der Waals surface area contributed by atoms with Gasteiger partial charge >= 0.3 is 6.01 Å². The van der Waals surface area contributed by atoms with E-state index in [2.05, 4.69) is 20.3 Å². The molecule has 1 aromatic carbocycles. The van der Waals surface area contributed by atoms with Gasteiger partial charge in [0.15, 0.2) is 0 Å². The SMILES string of the molecule is COc1ncc(-c2c(-c3ccccc3)ncn2CCNC(C)=O)cn1. The molecule has 7 heteroatoms. The number of hydrogen-bond acceptors (Lipinski definition) is 5. The Kier molecular flexibility index (Phi) is 5.03. The van der Waals surface area contributed by atoms with E-state index in [1.165, 1.54) is 14.0 Å². The molecule has 0 atom stereocenters. The summed E-state index contributed by atoms with van der Waals surface area (Å²) in [5.74, 6) is -0.0577. The Morgan fingerprint density at radius 3 is 2.48 bits per heavy atom. The van der Waals surface area contributed by atoms with Gasteiger partial charge in [0, 0.05) is 43.5 Å². The Bertz CT molecular complexity index is 844. The molecule has 0 fully saturated rings. The van der Waals surface area contributed by atoms with Crippen LogP contribution in [0.15, 0.2) is 49.1 Å². The first-order chi connectivity index (χ1) is 12.2. The van der Waals surface area contributed by atoms with Crippen molar-refractivity contribution in [1.29, 1.82) is 0 Å². The summed E-state index contributed by atoms with van der Waals surface area (Å²) in [4.78, 5) is 24.1. The molecule has 3 aromatic rings. The zero-order valence-corrected chi connectivity index (χ0v) is 14.1. The second-order valence-electron chi connectivity index (χ2n) is 5.44. The van der Waals surface area contributed by atoms with Crippen molar-refractivity contribution in [2.45, 2.75) is 13.5 Å². The van der Waals surface area contributed by atoms with Crippen LogP contribution in [0.2, 0.25) is 0 Å². The van der Waals surface area contributed by atoms with Gasteiger partial charge < -0.3 is 14.6 Å². The quantitative estimate of drug-likeness (QED) is 0.745. The fourth-order valence-corrected chi connectivity index (χ4v) is 2.56. The minimum Gasteiger partial charge on any atom is -0.467 e. The molecule has 0 bridgehead atoms. The Labute approximate surface area is 145 Å². The van der Waals surface area contributed by atoms with Gasteiger partial charge in [0.05, 0.1) is 24.8 Å². The first-order valence-corrected chi connectivity index (χ1v) is 7.90. The average Bonchev–Trinajstić information content (AvgIpc) is 3.06. The van der Waals surface area contributed by atoms with Crippen LogP contribution in [-0.2, 0) is 11.3 Å². The summed E-state index contributed by atoms with van der Waals surface area (Å²) >= 11 is 0. The second kappa shape index (κ2) is 7.57. The van der Waals surface area contributed by atoms with Crippen LogP contribution in [0.5, 0.6) is 6.01 Å². The van der Waals surface area contributed by atoms with Gasteiger partial charge in [0.25, 0.3) is 0 Å². The first-order valence-electron chi connectivity index (χ1n) is 7.90. The summed E-state index contributed by atoms with van der Waals surface area (Å²) in [6.45, 7) is 2.62. The molecule has 0 saturated heterocycles. The normalized spacial score (nSPS) is 10.5. The molecule has 3 rings (SSSR count). The molecule has 2 heterocycles. The fraction of sp³-hybridized carbons (Fsp3) is 0.222. The minimum atomic E-state index is -0.0577. The summed E-state index contributed by atoms with van der Waals surface area (Å²) in [5, 5.41) is 2.80. The molecule has 7 nitrogen and oxygen atoms in total. The predicted molar refractivity (Wildman–Crippen MR) is 93.9 cm³/mol. The standard InChI is InChI=1S/C18H19N5O2/c1-13(24)19-8-9-23-12-22-16(14-6-4-3-5-7-14)17(23)15-10-20-18(25-2)21-11-15/h3-7,10-12H,8-9H2,1-2H3,(H,19,24). The Morgan fingerprint density at radius 1 is 1.12 bits per heavy atom. The van der Waals surface area contributed by atoms with Gasteiger partial charge in [-0.25, -0.2) is 15.0 Å². The summed E-state index contributed by atoms with van der Waals surface area (Å²) in [5.41, 5.74) is 3.59. The monoisotopic (exact) mass is 337 g/mol. The van der Waals surface area contributed by atoms with Crippen LogP contribution < -0.4 is 10.1 Å². The maximum Gasteiger partial charge on any atom is 0.316 e. The molecule has 25 heavy (non-hydrogen) atoms. The smallest absolute Gasteiger partial charge is 0.316 e. The lowest BCUT2D eigenvalue weighted by molar-refractivity contribution is -0.118. The third kappa shape index (κ3) is 3.82. The van der Waals surface area contributed by atoms with Crippen LogP contribution in [-0.4, -0.2) is 39.1 Å². The summed E-state index contributed by atoms with van der Waals surface area (Å²) in [6, 6.07) is 10.2. The van der Waals surface area contributed by atoms with Crippen molar-refractivity contribution in [2.24, 2.45) is 0 Å². The molecule has 0 saturated carbocycles. The Morgan fingerprint density at radius 2 is 1.84 bits per heavy atom. The molecular weight excluding hydrogens is 318 g/mol. The number of amides is 1. The van der Waals surface area contributed by atoms with E-state index in [4.69, 9.17) is 4.74 Å². The topological polar surface area (TPSA) is 81.9 Å². The lowest BCUT2D eigenvalue weighted by Crippen LogP contribution is -2.24. The average molecular weight is 337 g/mol. The van der Waals surface area contributed by atoms with Crippen molar-refractivity contribution in [2.75, 3.05) is 13.7 Å². The highest BCUT2D eigenvalue weighted by atomic mass is 16.5. The number of rotatable bonds is 6.